The number of rotatable bonds is 3. The van der Waals surface area contributed by atoms with Gasteiger partial charge in [0.1, 0.15) is 0 Å². The van der Waals surface area contributed by atoms with E-state index in [9.17, 15) is 9.59 Å². The Hall–Kier alpha value is -3.09. The quantitative estimate of drug-likeness (QED) is 0.622. The molecule has 0 radical (unpaired) electrons. The van der Waals surface area contributed by atoms with Gasteiger partial charge in [0.15, 0.2) is 11.2 Å². The van der Waals surface area contributed by atoms with Crippen LogP contribution in [0.2, 0.25) is 0 Å². The lowest BCUT2D eigenvalue weighted by Crippen LogP contribution is -2.28. The van der Waals surface area contributed by atoms with Crippen molar-refractivity contribution in [3.8, 4) is 11.3 Å². The molecule has 4 rings (SSSR count). The summed E-state index contributed by atoms with van der Waals surface area (Å²) < 4.78 is 5.23. The average Bonchev–Trinajstić information content (AvgIpc) is 3.11. The molecule has 0 amide bonds. The minimum atomic E-state index is -0.459. The molecule has 3 heterocycles. The molecule has 4 aromatic rings. The van der Waals surface area contributed by atoms with Crippen molar-refractivity contribution in [3.05, 3.63) is 56.9 Å². The molecule has 7 nitrogen and oxygen atoms in total. The number of imidazole rings is 2. The molecular weight excluding hydrogens is 318 g/mol. The van der Waals surface area contributed by atoms with Gasteiger partial charge in [0.05, 0.1) is 5.69 Å². The summed E-state index contributed by atoms with van der Waals surface area (Å²) in [5, 5.41) is 0. The van der Waals surface area contributed by atoms with Gasteiger partial charge in [-0.05, 0) is 18.9 Å². The molecule has 3 aromatic heterocycles. The van der Waals surface area contributed by atoms with Crippen molar-refractivity contribution < 1.29 is 0 Å². The first-order chi connectivity index (χ1) is 12.0. The Morgan fingerprint density at radius 1 is 1.16 bits per heavy atom. The molecular formula is C18H19N5O2. The average molecular weight is 337 g/mol. The van der Waals surface area contributed by atoms with Gasteiger partial charge >= 0.3 is 5.69 Å². The molecule has 0 aliphatic heterocycles. The highest BCUT2D eigenvalue weighted by atomic mass is 16.2. The molecule has 25 heavy (non-hydrogen) atoms. The van der Waals surface area contributed by atoms with Crippen molar-refractivity contribution in [2.75, 3.05) is 0 Å². The second-order valence-electron chi connectivity index (χ2n) is 6.30. The van der Waals surface area contributed by atoms with Crippen LogP contribution in [-0.2, 0) is 13.6 Å². The number of aromatic amines is 1. The highest BCUT2D eigenvalue weighted by molar-refractivity contribution is 5.78. The van der Waals surface area contributed by atoms with Gasteiger partial charge < -0.3 is 4.57 Å². The highest BCUT2D eigenvalue weighted by Crippen LogP contribution is 2.25. The summed E-state index contributed by atoms with van der Waals surface area (Å²) in [5.41, 5.74) is 3.16. The Bertz CT molecular complexity index is 1200. The zero-order valence-electron chi connectivity index (χ0n) is 14.4. The monoisotopic (exact) mass is 337 g/mol. The van der Waals surface area contributed by atoms with Crippen LogP contribution < -0.4 is 11.2 Å². The van der Waals surface area contributed by atoms with E-state index in [4.69, 9.17) is 0 Å². The topological polar surface area (TPSA) is 77.1 Å². The van der Waals surface area contributed by atoms with Crippen LogP contribution in [0.15, 0.2) is 40.1 Å². The van der Waals surface area contributed by atoms with Crippen LogP contribution in [-0.4, -0.2) is 23.5 Å². The molecule has 7 heteroatoms. The maximum Gasteiger partial charge on any atom is 0.329 e. The summed E-state index contributed by atoms with van der Waals surface area (Å²) in [4.78, 5) is 31.1. The van der Waals surface area contributed by atoms with E-state index in [0.29, 0.717) is 16.9 Å². The van der Waals surface area contributed by atoms with Crippen LogP contribution in [0.4, 0.5) is 0 Å². The molecule has 0 saturated heterocycles. The smallest absolute Gasteiger partial charge is 0.310 e. The molecule has 0 atom stereocenters. The van der Waals surface area contributed by atoms with E-state index in [0.717, 1.165) is 24.2 Å². The number of fused-ring (bicyclic) bond motifs is 3. The Morgan fingerprint density at radius 3 is 2.56 bits per heavy atom. The lowest BCUT2D eigenvalue weighted by molar-refractivity contribution is 0.700. The largest absolute Gasteiger partial charge is 0.329 e. The molecule has 1 N–H and O–H groups in total. The van der Waals surface area contributed by atoms with E-state index < -0.39 is 11.2 Å². The zero-order chi connectivity index (χ0) is 17.7. The molecule has 0 bridgehead atoms. The number of nitrogens with one attached hydrogen (secondary N) is 1. The molecule has 0 aliphatic carbocycles. The minimum absolute atomic E-state index is 0.389. The number of H-pyrrole nitrogens is 1. The zero-order valence-corrected chi connectivity index (χ0v) is 14.4. The van der Waals surface area contributed by atoms with E-state index in [2.05, 4.69) is 52.6 Å². The van der Waals surface area contributed by atoms with Crippen LogP contribution in [0, 0.1) is 6.92 Å². The summed E-state index contributed by atoms with van der Waals surface area (Å²) in [7, 11) is 1.61. The first-order valence-electron chi connectivity index (χ1n) is 8.29. The SMILES string of the molecule is CCCn1c(-c2ccc(C)cc2)cn2c3c(=O)[nH]c(=O)n(C)c3nc12. The third kappa shape index (κ3) is 2.23. The van der Waals surface area contributed by atoms with Crippen LogP contribution >= 0.6 is 0 Å². The van der Waals surface area contributed by atoms with Crippen LogP contribution in [0.1, 0.15) is 18.9 Å². The van der Waals surface area contributed by atoms with Crippen molar-refractivity contribution in [3.63, 3.8) is 0 Å². The predicted octanol–water partition coefficient (Wildman–Crippen LogP) is 2.06. The lowest BCUT2D eigenvalue weighted by Gasteiger charge is -2.07. The summed E-state index contributed by atoms with van der Waals surface area (Å²) in [6.45, 7) is 4.92. The number of hydrogen-bond acceptors (Lipinski definition) is 3. The van der Waals surface area contributed by atoms with Crippen LogP contribution in [0.5, 0.6) is 0 Å². The van der Waals surface area contributed by atoms with Crippen LogP contribution in [0.3, 0.4) is 0 Å². The van der Waals surface area contributed by atoms with Gasteiger partial charge in [0.2, 0.25) is 5.78 Å². The summed E-state index contributed by atoms with van der Waals surface area (Å²) >= 11 is 0. The highest BCUT2D eigenvalue weighted by Gasteiger charge is 2.19. The van der Waals surface area contributed by atoms with Gasteiger partial charge in [-0.15, -0.1) is 0 Å². The molecule has 0 saturated carbocycles. The molecule has 1 aromatic carbocycles. The third-order valence-corrected chi connectivity index (χ3v) is 4.51. The van der Waals surface area contributed by atoms with Gasteiger partial charge in [-0.25, -0.2) is 4.79 Å². The van der Waals surface area contributed by atoms with Crippen LogP contribution in [0.25, 0.3) is 28.2 Å². The maximum absolute atomic E-state index is 12.3. The first-order valence-corrected chi connectivity index (χ1v) is 8.29. The number of aryl methyl sites for hydroxylation is 3. The van der Waals surface area contributed by atoms with E-state index >= 15 is 0 Å². The molecule has 0 fully saturated rings. The second-order valence-corrected chi connectivity index (χ2v) is 6.30. The second kappa shape index (κ2) is 5.47. The standard InChI is InChI=1S/C18H19N5O2/c1-4-9-22-13(12-7-5-11(2)6-8-12)10-23-14-15(19-17(22)23)21(3)18(25)20-16(14)24/h5-8,10H,4,9H2,1-3H3,(H,20,24,25). The van der Waals surface area contributed by atoms with Gasteiger partial charge in [-0.3, -0.25) is 18.7 Å². The van der Waals surface area contributed by atoms with Gasteiger partial charge in [-0.2, -0.15) is 4.98 Å². The predicted molar refractivity (Wildman–Crippen MR) is 97.0 cm³/mol. The molecule has 0 spiro atoms. The summed E-state index contributed by atoms with van der Waals surface area (Å²) in [5.74, 6) is 0.666. The van der Waals surface area contributed by atoms with Crippen molar-refractivity contribution in [1.29, 1.82) is 0 Å². The number of hydrogen-bond donors (Lipinski definition) is 1. The molecule has 0 unspecified atom stereocenters. The van der Waals surface area contributed by atoms with Crippen molar-refractivity contribution >= 4 is 16.9 Å². The van der Waals surface area contributed by atoms with Crippen molar-refractivity contribution in [2.24, 2.45) is 7.05 Å². The number of nitrogens with zero attached hydrogens (tertiary/aromatic N) is 4. The van der Waals surface area contributed by atoms with Gasteiger partial charge in [-0.1, -0.05) is 36.8 Å². The lowest BCUT2D eigenvalue weighted by atomic mass is 10.1. The van der Waals surface area contributed by atoms with Crippen molar-refractivity contribution in [1.82, 2.24) is 23.5 Å². The van der Waals surface area contributed by atoms with Crippen molar-refractivity contribution in [2.45, 2.75) is 26.8 Å². The van der Waals surface area contributed by atoms with Gasteiger partial charge in [0, 0.05) is 19.8 Å². The molecule has 0 aliphatic rings. The van der Waals surface area contributed by atoms with Gasteiger partial charge in [0.25, 0.3) is 5.56 Å². The Morgan fingerprint density at radius 2 is 1.88 bits per heavy atom. The number of benzene rings is 1. The fourth-order valence-electron chi connectivity index (χ4n) is 3.20. The Balaban J connectivity index is 2.10. The fraction of sp³-hybridized carbons (Fsp3) is 0.278. The third-order valence-electron chi connectivity index (χ3n) is 4.51. The van der Waals surface area contributed by atoms with E-state index in [-0.39, 0.29) is 0 Å². The maximum atomic E-state index is 12.3. The number of aromatic nitrogens is 5. The summed E-state index contributed by atoms with van der Waals surface area (Å²) in [6.07, 6.45) is 2.85. The fourth-order valence-corrected chi connectivity index (χ4v) is 3.20. The Kier molecular flexibility index (Phi) is 3.38. The minimum Gasteiger partial charge on any atom is -0.310 e. The summed E-state index contributed by atoms with van der Waals surface area (Å²) in [6, 6.07) is 8.27. The normalized spacial score (nSPS) is 11.6. The van der Waals surface area contributed by atoms with E-state index in [1.807, 2.05) is 6.20 Å². The first kappa shape index (κ1) is 15.4. The van der Waals surface area contributed by atoms with E-state index in [1.165, 1.54) is 10.1 Å². The molecule has 128 valence electrons. The Labute approximate surface area is 143 Å². The van der Waals surface area contributed by atoms with E-state index in [1.54, 1.807) is 11.4 Å².